The van der Waals surface area contributed by atoms with E-state index in [1.165, 1.54) is 4.90 Å². The Morgan fingerprint density at radius 3 is 2.75 bits per heavy atom. The molecule has 1 saturated heterocycles. The van der Waals surface area contributed by atoms with Gasteiger partial charge in [-0.05, 0) is 31.0 Å². The first kappa shape index (κ1) is 15.8. The Balaban J connectivity index is 1.60. The first-order valence-electron chi connectivity index (χ1n) is 7.65. The second-order valence-corrected chi connectivity index (χ2v) is 5.73. The van der Waals surface area contributed by atoms with Gasteiger partial charge in [0, 0.05) is 24.4 Å². The summed E-state index contributed by atoms with van der Waals surface area (Å²) >= 11 is 0. The largest absolute Gasteiger partial charge is 0.369 e. The fraction of sp³-hybridized carbons (Fsp3) is 0.333. The van der Waals surface area contributed by atoms with Crippen molar-refractivity contribution in [3.8, 4) is 0 Å². The van der Waals surface area contributed by atoms with Gasteiger partial charge in [0.25, 0.3) is 0 Å². The van der Waals surface area contributed by atoms with Gasteiger partial charge in [-0.1, -0.05) is 0 Å². The van der Waals surface area contributed by atoms with E-state index in [-0.39, 0.29) is 17.8 Å². The molecule has 126 valence electrons. The average molecular weight is 329 g/mol. The van der Waals surface area contributed by atoms with Crippen LogP contribution in [0.3, 0.4) is 0 Å². The summed E-state index contributed by atoms with van der Waals surface area (Å²) in [7, 11) is 0. The molecule has 0 bridgehead atoms. The Hall–Kier alpha value is -3.10. The number of H-pyrrole nitrogens is 1. The molecule has 0 saturated carbocycles. The minimum Gasteiger partial charge on any atom is -0.369 e. The molecule has 0 unspecified atom stereocenters. The van der Waals surface area contributed by atoms with E-state index in [0.29, 0.717) is 31.6 Å². The van der Waals surface area contributed by atoms with Gasteiger partial charge in [0.05, 0.1) is 17.4 Å². The monoisotopic (exact) mass is 329 g/mol. The van der Waals surface area contributed by atoms with Gasteiger partial charge in [-0.25, -0.2) is 9.79 Å². The van der Waals surface area contributed by atoms with E-state index in [4.69, 9.17) is 11.5 Å². The lowest BCUT2D eigenvalue weighted by Crippen LogP contribution is -2.47. The number of guanidine groups is 1. The molecule has 24 heavy (non-hydrogen) atoms. The van der Waals surface area contributed by atoms with Gasteiger partial charge in [-0.15, -0.1) is 0 Å². The van der Waals surface area contributed by atoms with Crippen molar-refractivity contribution >= 4 is 34.5 Å². The van der Waals surface area contributed by atoms with E-state index in [1.807, 2.05) is 6.07 Å². The molecule has 1 aromatic heterocycles. The highest BCUT2D eigenvalue weighted by Gasteiger charge is 2.26. The number of amides is 3. The van der Waals surface area contributed by atoms with Crippen molar-refractivity contribution in [2.45, 2.75) is 12.8 Å². The summed E-state index contributed by atoms with van der Waals surface area (Å²) in [6.07, 6.45) is 2.83. The van der Waals surface area contributed by atoms with Crippen LogP contribution in [0, 0.1) is 5.92 Å². The van der Waals surface area contributed by atoms with E-state index in [9.17, 15) is 9.59 Å². The Morgan fingerprint density at radius 2 is 2.04 bits per heavy atom. The lowest BCUT2D eigenvalue weighted by molar-refractivity contribution is -0.124. The number of nitrogens with one attached hydrogen (secondary N) is 2. The molecule has 0 radical (unpaired) electrons. The summed E-state index contributed by atoms with van der Waals surface area (Å²) in [6, 6.07) is 5.01. The number of carbonyl (C=O) groups excluding carboxylic acids is 2. The molecule has 3 amide bonds. The zero-order chi connectivity index (χ0) is 17.1. The van der Waals surface area contributed by atoms with Crippen LogP contribution in [-0.4, -0.2) is 46.1 Å². The summed E-state index contributed by atoms with van der Waals surface area (Å²) in [5.74, 6) is -0.358. The Morgan fingerprint density at radius 1 is 1.29 bits per heavy atom. The number of urea groups is 1. The third-order valence-electron chi connectivity index (χ3n) is 4.10. The highest BCUT2D eigenvalue weighted by atomic mass is 16.2. The van der Waals surface area contributed by atoms with Crippen molar-refractivity contribution < 1.29 is 9.59 Å². The minimum absolute atomic E-state index is 0.0381. The number of nitrogens with zero attached hydrogens (tertiary/aromatic N) is 3. The summed E-state index contributed by atoms with van der Waals surface area (Å²) in [5.41, 5.74) is 12.5. The van der Waals surface area contributed by atoms with Crippen LogP contribution in [0.1, 0.15) is 12.8 Å². The van der Waals surface area contributed by atoms with Gasteiger partial charge in [0.1, 0.15) is 0 Å². The number of rotatable bonds is 2. The number of fused-ring (bicyclic) bond motifs is 1. The van der Waals surface area contributed by atoms with Gasteiger partial charge in [0.15, 0.2) is 0 Å². The third kappa shape index (κ3) is 3.45. The number of primary amides is 1. The average Bonchev–Trinajstić information content (AvgIpc) is 3.02. The van der Waals surface area contributed by atoms with E-state index in [0.717, 1.165) is 10.9 Å². The molecule has 0 spiro atoms. The quantitative estimate of drug-likeness (QED) is 0.467. The first-order chi connectivity index (χ1) is 11.5. The number of nitrogens with two attached hydrogens (primary N) is 2. The van der Waals surface area contributed by atoms with Gasteiger partial charge < -0.3 is 16.4 Å². The predicted molar refractivity (Wildman–Crippen MR) is 89.4 cm³/mol. The van der Waals surface area contributed by atoms with E-state index < -0.39 is 6.03 Å². The standard InChI is InChI=1S/C15H19N7O2/c16-14(19-11-2-1-10-8-18-21-12(10)7-11)20-13(23)9-3-5-22(6-4-9)15(17)24/h1-2,7-9H,3-6H2,(H2,17,24)(H,18,21)(H3,16,19,20,23). The predicted octanol–water partition coefficient (Wildman–Crippen LogP) is 0.416. The van der Waals surface area contributed by atoms with Crippen LogP contribution >= 0.6 is 0 Å². The normalized spacial score (nSPS) is 16.3. The minimum atomic E-state index is -0.455. The zero-order valence-corrected chi connectivity index (χ0v) is 13.0. The van der Waals surface area contributed by atoms with Crippen LogP contribution in [0.4, 0.5) is 10.5 Å². The SMILES string of the molecule is NC(=O)N1CCC(C(=O)NC(N)=Nc2ccc3cn[nH]c3c2)CC1. The van der Waals surface area contributed by atoms with E-state index in [1.54, 1.807) is 18.3 Å². The number of piperidine rings is 1. The molecule has 3 rings (SSSR count). The van der Waals surface area contributed by atoms with Crippen molar-refractivity contribution in [2.24, 2.45) is 22.4 Å². The smallest absolute Gasteiger partial charge is 0.314 e. The third-order valence-corrected chi connectivity index (χ3v) is 4.10. The number of aromatic amines is 1. The van der Waals surface area contributed by atoms with Crippen LogP contribution in [-0.2, 0) is 4.79 Å². The van der Waals surface area contributed by atoms with Crippen molar-refractivity contribution in [3.05, 3.63) is 24.4 Å². The van der Waals surface area contributed by atoms with Crippen LogP contribution < -0.4 is 16.8 Å². The summed E-state index contributed by atoms with van der Waals surface area (Å²) < 4.78 is 0. The Labute approximate surface area is 138 Å². The van der Waals surface area contributed by atoms with Gasteiger partial charge in [-0.3, -0.25) is 15.2 Å². The first-order valence-corrected chi connectivity index (χ1v) is 7.65. The summed E-state index contributed by atoms with van der Waals surface area (Å²) in [6.45, 7) is 0.946. The molecule has 0 aliphatic carbocycles. The highest BCUT2D eigenvalue weighted by Crippen LogP contribution is 2.19. The maximum atomic E-state index is 12.2. The molecule has 9 nitrogen and oxygen atoms in total. The molecule has 0 atom stereocenters. The summed E-state index contributed by atoms with van der Waals surface area (Å²) in [4.78, 5) is 29.0. The molecular weight excluding hydrogens is 310 g/mol. The number of likely N-dealkylation sites (tertiary alicyclic amines) is 1. The molecular formula is C15H19N7O2. The lowest BCUT2D eigenvalue weighted by atomic mass is 9.96. The molecule has 1 aromatic carbocycles. The number of aliphatic imine (C=N–C) groups is 1. The van der Waals surface area contributed by atoms with Crippen LogP contribution in [0.5, 0.6) is 0 Å². The van der Waals surface area contributed by atoms with Crippen molar-refractivity contribution in [1.82, 2.24) is 20.4 Å². The highest BCUT2D eigenvalue weighted by molar-refractivity contribution is 5.98. The van der Waals surface area contributed by atoms with E-state index in [2.05, 4.69) is 20.5 Å². The number of carbonyl (C=O) groups is 2. The molecule has 1 aliphatic heterocycles. The van der Waals surface area contributed by atoms with Crippen LogP contribution in [0.2, 0.25) is 0 Å². The number of hydrogen-bond acceptors (Lipinski definition) is 4. The molecule has 1 fully saturated rings. The van der Waals surface area contributed by atoms with Crippen molar-refractivity contribution in [3.63, 3.8) is 0 Å². The number of hydrogen-bond donors (Lipinski definition) is 4. The fourth-order valence-corrected chi connectivity index (χ4v) is 2.75. The molecule has 2 heterocycles. The molecule has 2 aromatic rings. The van der Waals surface area contributed by atoms with Gasteiger partial charge in [0.2, 0.25) is 11.9 Å². The Kier molecular flexibility index (Phi) is 4.32. The topological polar surface area (TPSA) is 142 Å². The number of aromatic nitrogens is 2. The van der Waals surface area contributed by atoms with Crippen molar-refractivity contribution in [1.29, 1.82) is 0 Å². The zero-order valence-electron chi connectivity index (χ0n) is 13.0. The molecule has 1 aliphatic rings. The number of benzene rings is 1. The van der Waals surface area contributed by atoms with E-state index >= 15 is 0 Å². The summed E-state index contributed by atoms with van der Waals surface area (Å²) in [5, 5.41) is 10.4. The van der Waals surface area contributed by atoms with Crippen molar-refractivity contribution in [2.75, 3.05) is 13.1 Å². The second-order valence-electron chi connectivity index (χ2n) is 5.73. The van der Waals surface area contributed by atoms with Crippen LogP contribution in [0.15, 0.2) is 29.4 Å². The molecule has 6 N–H and O–H groups in total. The molecule has 9 heteroatoms. The van der Waals surface area contributed by atoms with Gasteiger partial charge >= 0.3 is 6.03 Å². The lowest BCUT2D eigenvalue weighted by Gasteiger charge is -2.29. The maximum absolute atomic E-state index is 12.2. The fourth-order valence-electron chi connectivity index (χ4n) is 2.75. The maximum Gasteiger partial charge on any atom is 0.314 e. The van der Waals surface area contributed by atoms with Gasteiger partial charge in [-0.2, -0.15) is 5.10 Å². The van der Waals surface area contributed by atoms with Crippen LogP contribution in [0.25, 0.3) is 10.9 Å². The Bertz CT molecular complexity index is 790. The second kappa shape index (κ2) is 6.57.